The fourth-order valence-electron chi connectivity index (χ4n) is 2.65. The molecule has 1 aliphatic rings. The van der Waals surface area contributed by atoms with Gasteiger partial charge in [-0.25, -0.2) is 0 Å². The molecule has 0 spiro atoms. The van der Waals surface area contributed by atoms with Crippen LogP contribution in [0, 0.1) is 0 Å². The SMILES string of the molecule is Nc1cc(C(=O)NCC2(O)CCCCCC2)cc(Cl)c1Cl. The van der Waals surface area contributed by atoms with Crippen molar-refractivity contribution in [2.24, 2.45) is 0 Å². The molecule has 6 heteroatoms. The average molecular weight is 331 g/mol. The Bertz CT molecular complexity index is 503. The predicted molar refractivity (Wildman–Crippen MR) is 85.9 cm³/mol. The number of hydrogen-bond donors (Lipinski definition) is 3. The molecular weight excluding hydrogens is 311 g/mol. The third kappa shape index (κ3) is 4.25. The molecule has 0 heterocycles. The molecule has 1 saturated carbocycles. The highest BCUT2D eigenvalue weighted by atomic mass is 35.5. The van der Waals surface area contributed by atoms with Crippen molar-refractivity contribution in [1.82, 2.24) is 5.32 Å². The number of halogens is 2. The number of nitrogen functional groups attached to an aromatic ring is 1. The maximum atomic E-state index is 12.2. The van der Waals surface area contributed by atoms with E-state index in [0.29, 0.717) is 5.56 Å². The molecule has 0 aliphatic heterocycles. The molecule has 0 atom stereocenters. The lowest BCUT2D eigenvalue weighted by molar-refractivity contribution is 0.0246. The minimum atomic E-state index is -0.812. The van der Waals surface area contributed by atoms with Crippen LogP contribution in [0.1, 0.15) is 48.9 Å². The highest BCUT2D eigenvalue weighted by Gasteiger charge is 2.28. The second kappa shape index (κ2) is 6.86. The first kappa shape index (κ1) is 16.4. The van der Waals surface area contributed by atoms with Gasteiger partial charge < -0.3 is 16.2 Å². The Hall–Kier alpha value is -0.970. The van der Waals surface area contributed by atoms with E-state index in [9.17, 15) is 9.90 Å². The van der Waals surface area contributed by atoms with Crippen LogP contribution < -0.4 is 11.1 Å². The van der Waals surface area contributed by atoms with Gasteiger partial charge in [-0.2, -0.15) is 0 Å². The molecule has 0 unspecified atom stereocenters. The lowest BCUT2D eigenvalue weighted by Crippen LogP contribution is -2.42. The third-order valence-electron chi connectivity index (χ3n) is 3.93. The van der Waals surface area contributed by atoms with Gasteiger partial charge in [0.05, 0.1) is 21.3 Å². The van der Waals surface area contributed by atoms with Crippen molar-refractivity contribution in [3.8, 4) is 0 Å². The molecule has 0 radical (unpaired) electrons. The smallest absolute Gasteiger partial charge is 0.251 e. The van der Waals surface area contributed by atoms with Gasteiger partial charge in [-0.15, -0.1) is 0 Å². The normalized spacial score (nSPS) is 18.0. The van der Waals surface area contributed by atoms with Gasteiger partial charge in [-0.05, 0) is 25.0 Å². The number of anilines is 1. The van der Waals surface area contributed by atoms with Gasteiger partial charge in [0.15, 0.2) is 0 Å². The standard InChI is InChI=1S/C15H20Cl2N2O2/c16-11-7-10(8-12(18)13(11)17)14(20)19-9-15(21)5-3-1-2-4-6-15/h7-8,21H,1-6,9,18H2,(H,19,20). The second-order valence-electron chi connectivity index (χ2n) is 5.68. The van der Waals surface area contributed by atoms with Crippen LogP contribution >= 0.6 is 23.2 Å². The molecule has 4 nitrogen and oxygen atoms in total. The summed E-state index contributed by atoms with van der Waals surface area (Å²) >= 11 is 11.8. The van der Waals surface area contributed by atoms with Crippen LogP contribution in [-0.4, -0.2) is 23.2 Å². The van der Waals surface area contributed by atoms with Crippen LogP contribution in [0.25, 0.3) is 0 Å². The quantitative estimate of drug-likeness (QED) is 0.587. The summed E-state index contributed by atoms with van der Waals surface area (Å²) in [7, 11) is 0. The number of nitrogens with two attached hydrogens (primary N) is 1. The van der Waals surface area contributed by atoms with Gasteiger partial charge in [0, 0.05) is 12.1 Å². The van der Waals surface area contributed by atoms with Gasteiger partial charge in [0.1, 0.15) is 0 Å². The number of carbonyl (C=O) groups is 1. The summed E-state index contributed by atoms with van der Waals surface area (Å²) in [6.07, 6.45) is 5.70. The van der Waals surface area contributed by atoms with Crippen molar-refractivity contribution in [2.75, 3.05) is 12.3 Å². The summed E-state index contributed by atoms with van der Waals surface area (Å²) < 4.78 is 0. The second-order valence-corrected chi connectivity index (χ2v) is 6.47. The van der Waals surface area contributed by atoms with Crippen molar-refractivity contribution in [3.05, 3.63) is 27.7 Å². The van der Waals surface area contributed by atoms with Gasteiger partial charge in [0.2, 0.25) is 0 Å². The molecule has 1 aliphatic carbocycles. The van der Waals surface area contributed by atoms with E-state index in [0.717, 1.165) is 38.5 Å². The number of nitrogens with one attached hydrogen (secondary N) is 1. The van der Waals surface area contributed by atoms with Gasteiger partial charge >= 0.3 is 0 Å². The molecule has 0 aromatic heterocycles. The minimum Gasteiger partial charge on any atom is -0.397 e. The summed E-state index contributed by atoms with van der Waals surface area (Å²) in [4.78, 5) is 12.2. The first-order valence-corrected chi connectivity index (χ1v) is 7.92. The summed E-state index contributed by atoms with van der Waals surface area (Å²) in [5.74, 6) is -0.307. The molecule has 116 valence electrons. The molecule has 0 bridgehead atoms. The van der Waals surface area contributed by atoms with E-state index >= 15 is 0 Å². The van der Waals surface area contributed by atoms with Crippen LogP contribution in [0.3, 0.4) is 0 Å². The topological polar surface area (TPSA) is 75.4 Å². The Morgan fingerprint density at radius 2 is 1.86 bits per heavy atom. The maximum Gasteiger partial charge on any atom is 0.251 e. The summed E-state index contributed by atoms with van der Waals surface area (Å²) in [5.41, 5.74) is 5.50. The van der Waals surface area contributed by atoms with E-state index in [1.807, 2.05) is 0 Å². The molecule has 4 N–H and O–H groups in total. The third-order valence-corrected chi connectivity index (χ3v) is 4.75. The number of rotatable bonds is 3. The number of carbonyl (C=O) groups excluding carboxylic acids is 1. The number of amides is 1. The zero-order chi connectivity index (χ0) is 15.5. The molecular formula is C15H20Cl2N2O2. The lowest BCUT2D eigenvalue weighted by atomic mass is 9.94. The first-order valence-electron chi connectivity index (χ1n) is 7.16. The van der Waals surface area contributed by atoms with Crippen LogP contribution in [0.2, 0.25) is 10.0 Å². The maximum absolute atomic E-state index is 12.2. The molecule has 2 rings (SSSR count). The summed E-state index contributed by atoms with van der Waals surface area (Å²) in [6, 6.07) is 2.97. The zero-order valence-electron chi connectivity index (χ0n) is 11.8. The molecule has 1 aromatic carbocycles. The highest BCUT2D eigenvalue weighted by molar-refractivity contribution is 6.43. The van der Waals surface area contributed by atoms with Crippen molar-refractivity contribution in [3.63, 3.8) is 0 Å². The molecule has 0 saturated heterocycles. The van der Waals surface area contributed by atoms with E-state index < -0.39 is 5.60 Å². The fraction of sp³-hybridized carbons (Fsp3) is 0.533. The van der Waals surface area contributed by atoms with Crippen molar-refractivity contribution in [2.45, 2.75) is 44.1 Å². The lowest BCUT2D eigenvalue weighted by Gasteiger charge is -2.26. The first-order chi connectivity index (χ1) is 9.91. The monoisotopic (exact) mass is 330 g/mol. The zero-order valence-corrected chi connectivity index (χ0v) is 13.3. The largest absolute Gasteiger partial charge is 0.397 e. The molecule has 1 fully saturated rings. The number of aliphatic hydroxyl groups is 1. The Kier molecular flexibility index (Phi) is 5.36. The van der Waals surface area contributed by atoms with E-state index in [1.165, 1.54) is 12.1 Å². The Labute approximate surface area is 134 Å². The number of hydrogen-bond acceptors (Lipinski definition) is 3. The minimum absolute atomic E-state index is 0.242. The van der Waals surface area contributed by atoms with E-state index in [1.54, 1.807) is 0 Å². The average Bonchev–Trinajstić information content (AvgIpc) is 2.67. The van der Waals surface area contributed by atoms with Gasteiger partial charge in [-0.1, -0.05) is 48.9 Å². The predicted octanol–water partition coefficient (Wildman–Crippen LogP) is 3.39. The van der Waals surface area contributed by atoms with E-state index in [-0.39, 0.29) is 28.2 Å². The van der Waals surface area contributed by atoms with Crippen molar-refractivity contribution < 1.29 is 9.90 Å². The fourth-order valence-corrected chi connectivity index (χ4v) is 2.99. The summed E-state index contributed by atoms with van der Waals surface area (Å²) in [5, 5.41) is 13.8. The van der Waals surface area contributed by atoms with Crippen LogP contribution in [0.5, 0.6) is 0 Å². The Morgan fingerprint density at radius 3 is 2.43 bits per heavy atom. The van der Waals surface area contributed by atoms with E-state index in [4.69, 9.17) is 28.9 Å². The van der Waals surface area contributed by atoms with Crippen molar-refractivity contribution >= 4 is 34.8 Å². The van der Waals surface area contributed by atoms with Gasteiger partial charge in [-0.3, -0.25) is 4.79 Å². The van der Waals surface area contributed by atoms with Crippen LogP contribution in [0.4, 0.5) is 5.69 Å². The van der Waals surface area contributed by atoms with Gasteiger partial charge in [0.25, 0.3) is 5.91 Å². The van der Waals surface area contributed by atoms with Crippen molar-refractivity contribution in [1.29, 1.82) is 0 Å². The van der Waals surface area contributed by atoms with Crippen LogP contribution in [0.15, 0.2) is 12.1 Å². The van der Waals surface area contributed by atoms with Crippen LogP contribution in [-0.2, 0) is 0 Å². The molecule has 1 amide bonds. The summed E-state index contributed by atoms with van der Waals surface area (Å²) in [6.45, 7) is 0.242. The number of benzene rings is 1. The molecule has 21 heavy (non-hydrogen) atoms. The Balaban J connectivity index is 2.01. The highest BCUT2D eigenvalue weighted by Crippen LogP contribution is 2.30. The molecule has 1 aromatic rings. The Morgan fingerprint density at radius 1 is 1.24 bits per heavy atom. The van der Waals surface area contributed by atoms with E-state index in [2.05, 4.69) is 5.32 Å².